The van der Waals surface area contributed by atoms with Gasteiger partial charge in [0.05, 0.1) is 6.04 Å². The number of amides is 1. The standard InChI is InChI=1S/C16H17N5O/c1-11(2)14(18-16(22)12-6-8-17-9-7-12)15-20-19-13-5-3-4-10-21(13)15/h3-11,14H,1-2H3,(H,18,22)/t14-/m0/s1. The molecule has 0 fully saturated rings. The van der Waals surface area contributed by atoms with Crippen LogP contribution in [0.2, 0.25) is 0 Å². The number of nitrogens with one attached hydrogen (secondary N) is 1. The van der Waals surface area contributed by atoms with Gasteiger partial charge in [0.15, 0.2) is 11.5 Å². The van der Waals surface area contributed by atoms with E-state index in [1.165, 1.54) is 0 Å². The first kappa shape index (κ1) is 14.2. The molecule has 0 saturated carbocycles. The molecule has 3 rings (SSSR count). The van der Waals surface area contributed by atoms with E-state index in [0.29, 0.717) is 5.56 Å². The SMILES string of the molecule is CC(C)[C@H](NC(=O)c1ccncc1)c1nnc2ccccn12. The minimum atomic E-state index is -0.224. The molecule has 1 atom stereocenters. The summed E-state index contributed by atoms with van der Waals surface area (Å²) in [4.78, 5) is 16.3. The number of nitrogens with zero attached hydrogens (tertiary/aromatic N) is 4. The molecule has 6 heteroatoms. The van der Waals surface area contributed by atoms with Crippen LogP contribution in [0.4, 0.5) is 0 Å². The zero-order valence-corrected chi connectivity index (χ0v) is 12.5. The van der Waals surface area contributed by atoms with Gasteiger partial charge in [0.1, 0.15) is 0 Å². The monoisotopic (exact) mass is 295 g/mol. The average Bonchev–Trinajstić information content (AvgIpc) is 2.96. The maximum Gasteiger partial charge on any atom is 0.251 e. The first-order valence-corrected chi connectivity index (χ1v) is 7.17. The van der Waals surface area contributed by atoms with Crippen molar-refractivity contribution in [2.45, 2.75) is 19.9 Å². The molecule has 0 unspecified atom stereocenters. The van der Waals surface area contributed by atoms with E-state index in [1.54, 1.807) is 24.5 Å². The Labute approximate surface area is 128 Å². The minimum absolute atomic E-state index is 0.145. The van der Waals surface area contributed by atoms with Crippen molar-refractivity contribution in [3.63, 3.8) is 0 Å². The molecule has 6 nitrogen and oxygen atoms in total. The van der Waals surface area contributed by atoms with Gasteiger partial charge < -0.3 is 5.32 Å². The molecular formula is C16H17N5O. The van der Waals surface area contributed by atoms with E-state index in [4.69, 9.17) is 0 Å². The average molecular weight is 295 g/mol. The number of pyridine rings is 2. The molecule has 1 amide bonds. The molecule has 3 aromatic heterocycles. The molecule has 3 aromatic rings. The summed E-state index contributed by atoms with van der Waals surface area (Å²) in [6.07, 6.45) is 5.11. The Morgan fingerprint density at radius 2 is 1.91 bits per heavy atom. The number of aromatic nitrogens is 4. The largest absolute Gasteiger partial charge is 0.342 e. The van der Waals surface area contributed by atoms with Crippen molar-refractivity contribution in [3.8, 4) is 0 Å². The van der Waals surface area contributed by atoms with Crippen LogP contribution in [0.15, 0.2) is 48.9 Å². The summed E-state index contributed by atoms with van der Waals surface area (Å²) in [5.41, 5.74) is 1.34. The lowest BCUT2D eigenvalue weighted by molar-refractivity contribution is 0.0922. The predicted octanol–water partition coefficient (Wildman–Crippen LogP) is 2.25. The lowest BCUT2D eigenvalue weighted by atomic mass is 10.0. The highest BCUT2D eigenvalue weighted by Gasteiger charge is 2.23. The second kappa shape index (κ2) is 5.93. The van der Waals surface area contributed by atoms with E-state index < -0.39 is 0 Å². The summed E-state index contributed by atoms with van der Waals surface area (Å²) < 4.78 is 1.90. The summed E-state index contributed by atoms with van der Waals surface area (Å²) in [5, 5.41) is 11.4. The Morgan fingerprint density at radius 1 is 1.14 bits per heavy atom. The van der Waals surface area contributed by atoms with E-state index in [-0.39, 0.29) is 17.9 Å². The van der Waals surface area contributed by atoms with Crippen LogP contribution < -0.4 is 5.32 Å². The van der Waals surface area contributed by atoms with Gasteiger partial charge in [0, 0.05) is 24.2 Å². The molecule has 0 aliphatic carbocycles. The predicted molar refractivity (Wildman–Crippen MR) is 82.3 cm³/mol. The fraction of sp³-hybridized carbons (Fsp3) is 0.250. The van der Waals surface area contributed by atoms with E-state index in [0.717, 1.165) is 11.5 Å². The third-order valence-corrected chi connectivity index (χ3v) is 3.51. The van der Waals surface area contributed by atoms with Gasteiger partial charge in [-0.2, -0.15) is 0 Å². The van der Waals surface area contributed by atoms with Crippen LogP contribution in [0.3, 0.4) is 0 Å². The van der Waals surface area contributed by atoms with E-state index >= 15 is 0 Å². The summed E-state index contributed by atoms with van der Waals surface area (Å²) in [6.45, 7) is 4.09. The molecule has 0 saturated heterocycles. The van der Waals surface area contributed by atoms with Crippen molar-refractivity contribution in [3.05, 3.63) is 60.3 Å². The maximum atomic E-state index is 12.4. The molecule has 22 heavy (non-hydrogen) atoms. The zero-order valence-electron chi connectivity index (χ0n) is 12.5. The van der Waals surface area contributed by atoms with E-state index in [1.807, 2.05) is 42.6 Å². The second-order valence-corrected chi connectivity index (χ2v) is 5.42. The van der Waals surface area contributed by atoms with Crippen molar-refractivity contribution < 1.29 is 4.79 Å². The molecular weight excluding hydrogens is 278 g/mol. The Hall–Kier alpha value is -2.76. The van der Waals surface area contributed by atoms with Crippen LogP contribution in [0.5, 0.6) is 0 Å². The van der Waals surface area contributed by atoms with Gasteiger partial charge in [0.25, 0.3) is 5.91 Å². The topological polar surface area (TPSA) is 72.2 Å². The molecule has 1 N–H and O–H groups in total. The van der Waals surface area contributed by atoms with Crippen molar-refractivity contribution in [1.82, 2.24) is 24.9 Å². The van der Waals surface area contributed by atoms with Crippen LogP contribution in [-0.4, -0.2) is 25.5 Å². The number of hydrogen-bond acceptors (Lipinski definition) is 4. The molecule has 0 aromatic carbocycles. The van der Waals surface area contributed by atoms with Gasteiger partial charge in [0.2, 0.25) is 0 Å². The molecule has 112 valence electrons. The van der Waals surface area contributed by atoms with Gasteiger partial charge in [-0.25, -0.2) is 0 Å². The van der Waals surface area contributed by atoms with E-state index in [9.17, 15) is 4.79 Å². The van der Waals surface area contributed by atoms with Crippen molar-refractivity contribution in [2.24, 2.45) is 5.92 Å². The van der Waals surface area contributed by atoms with Gasteiger partial charge in [-0.05, 0) is 30.2 Å². The molecule has 0 spiro atoms. The number of carbonyl (C=O) groups excluding carboxylic acids is 1. The van der Waals surface area contributed by atoms with Crippen LogP contribution in [0.25, 0.3) is 5.65 Å². The second-order valence-electron chi connectivity index (χ2n) is 5.42. The first-order chi connectivity index (χ1) is 10.7. The van der Waals surface area contributed by atoms with Crippen LogP contribution >= 0.6 is 0 Å². The Kier molecular flexibility index (Phi) is 3.82. The van der Waals surface area contributed by atoms with Gasteiger partial charge >= 0.3 is 0 Å². The fourth-order valence-electron chi connectivity index (χ4n) is 2.33. The third kappa shape index (κ3) is 2.67. The van der Waals surface area contributed by atoms with Gasteiger partial charge in [-0.15, -0.1) is 10.2 Å². The Balaban J connectivity index is 1.92. The smallest absolute Gasteiger partial charge is 0.251 e. The number of rotatable bonds is 4. The zero-order chi connectivity index (χ0) is 15.5. The van der Waals surface area contributed by atoms with Crippen LogP contribution in [0, 0.1) is 5.92 Å². The first-order valence-electron chi connectivity index (χ1n) is 7.17. The van der Waals surface area contributed by atoms with Crippen LogP contribution in [-0.2, 0) is 0 Å². The maximum absolute atomic E-state index is 12.4. The summed E-state index contributed by atoms with van der Waals surface area (Å²) in [6, 6.07) is 8.87. The third-order valence-electron chi connectivity index (χ3n) is 3.51. The summed E-state index contributed by atoms with van der Waals surface area (Å²) in [5.74, 6) is 0.764. The molecule has 0 radical (unpaired) electrons. The van der Waals surface area contributed by atoms with E-state index in [2.05, 4.69) is 20.5 Å². The number of hydrogen-bond donors (Lipinski definition) is 1. The number of carbonyl (C=O) groups is 1. The highest BCUT2D eigenvalue weighted by atomic mass is 16.1. The van der Waals surface area contributed by atoms with Gasteiger partial charge in [-0.3, -0.25) is 14.2 Å². The Bertz CT molecular complexity index is 781. The van der Waals surface area contributed by atoms with Crippen molar-refractivity contribution >= 4 is 11.6 Å². The highest BCUT2D eigenvalue weighted by molar-refractivity contribution is 5.94. The quantitative estimate of drug-likeness (QED) is 0.801. The Morgan fingerprint density at radius 3 is 2.64 bits per heavy atom. The lowest BCUT2D eigenvalue weighted by Crippen LogP contribution is -2.33. The molecule has 0 bridgehead atoms. The lowest BCUT2D eigenvalue weighted by Gasteiger charge is -2.20. The minimum Gasteiger partial charge on any atom is -0.342 e. The number of fused-ring (bicyclic) bond motifs is 1. The molecule has 0 aliphatic heterocycles. The van der Waals surface area contributed by atoms with Gasteiger partial charge in [-0.1, -0.05) is 19.9 Å². The van der Waals surface area contributed by atoms with Crippen molar-refractivity contribution in [2.75, 3.05) is 0 Å². The van der Waals surface area contributed by atoms with Crippen LogP contribution in [0.1, 0.15) is 36.1 Å². The molecule has 3 heterocycles. The van der Waals surface area contributed by atoms with Crippen molar-refractivity contribution in [1.29, 1.82) is 0 Å². The summed E-state index contributed by atoms with van der Waals surface area (Å²) in [7, 11) is 0. The fourth-order valence-corrected chi connectivity index (χ4v) is 2.33. The normalized spacial score (nSPS) is 12.5. The molecule has 0 aliphatic rings. The summed E-state index contributed by atoms with van der Waals surface area (Å²) >= 11 is 0. The highest BCUT2D eigenvalue weighted by Crippen LogP contribution is 2.21.